The second kappa shape index (κ2) is 8.02. The lowest BCUT2D eigenvalue weighted by molar-refractivity contribution is -0.120. The Morgan fingerprint density at radius 1 is 1.24 bits per heavy atom. The first kappa shape index (κ1) is 20.3. The van der Waals surface area contributed by atoms with Gasteiger partial charge in [-0.15, -0.1) is 11.3 Å². The van der Waals surface area contributed by atoms with Crippen LogP contribution in [0.4, 0.5) is 5.69 Å². The Morgan fingerprint density at radius 2 is 2.00 bits per heavy atom. The van der Waals surface area contributed by atoms with Crippen molar-refractivity contribution in [3.8, 4) is 0 Å². The summed E-state index contributed by atoms with van der Waals surface area (Å²) in [6, 6.07) is 8.80. The first-order chi connectivity index (χ1) is 13.9. The van der Waals surface area contributed by atoms with Gasteiger partial charge in [-0.3, -0.25) is 14.2 Å². The van der Waals surface area contributed by atoms with Crippen LogP contribution in [-0.4, -0.2) is 36.3 Å². The van der Waals surface area contributed by atoms with Gasteiger partial charge in [0.25, 0.3) is 10.0 Å². The maximum atomic E-state index is 12.7. The number of thiazole rings is 1. The summed E-state index contributed by atoms with van der Waals surface area (Å²) in [6.45, 7) is 3.20. The third kappa shape index (κ3) is 3.89. The van der Waals surface area contributed by atoms with Crippen molar-refractivity contribution in [3.63, 3.8) is 0 Å². The third-order valence-electron chi connectivity index (χ3n) is 5.17. The van der Waals surface area contributed by atoms with Gasteiger partial charge in [-0.2, -0.15) is 4.31 Å². The molecule has 1 aliphatic rings. The fourth-order valence-corrected chi connectivity index (χ4v) is 7.19. The van der Waals surface area contributed by atoms with Crippen LogP contribution < -0.4 is 10.2 Å². The van der Waals surface area contributed by atoms with Crippen LogP contribution in [0.5, 0.6) is 0 Å². The van der Waals surface area contributed by atoms with Crippen LogP contribution in [0.15, 0.2) is 44.7 Å². The van der Waals surface area contributed by atoms with Crippen molar-refractivity contribution >= 4 is 54.5 Å². The molecule has 0 atom stereocenters. The fraction of sp³-hybridized carbons (Fsp3) is 0.368. The third-order valence-corrected chi connectivity index (χ3v) is 9.38. The SMILES string of the molecule is CCn1c(=O)sc2cc(NC(=O)C3CCN(S(=O)(=O)c4cccs4)CC3)ccc21. The average molecular weight is 452 g/mol. The second-order valence-electron chi connectivity index (χ2n) is 6.89. The number of fused-ring (bicyclic) bond motifs is 1. The first-order valence-electron chi connectivity index (χ1n) is 9.38. The molecular weight excluding hydrogens is 430 g/mol. The first-order valence-corrected chi connectivity index (χ1v) is 12.5. The van der Waals surface area contributed by atoms with Gasteiger partial charge in [0.05, 0.1) is 10.2 Å². The number of sulfonamides is 1. The molecule has 29 heavy (non-hydrogen) atoms. The van der Waals surface area contributed by atoms with Crippen molar-refractivity contribution in [2.24, 2.45) is 5.92 Å². The van der Waals surface area contributed by atoms with E-state index in [1.807, 2.05) is 19.1 Å². The van der Waals surface area contributed by atoms with Crippen LogP contribution in [0.1, 0.15) is 19.8 Å². The highest BCUT2D eigenvalue weighted by atomic mass is 32.2. The lowest BCUT2D eigenvalue weighted by Crippen LogP contribution is -2.41. The minimum atomic E-state index is -3.47. The summed E-state index contributed by atoms with van der Waals surface area (Å²) >= 11 is 2.37. The topological polar surface area (TPSA) is 88.5 Å². The molecule has 1 amide bonds. The van der Waals surface area contributed by atoms with Gasteiger partial charge in [0.2, 0.25) is 5.91 Å². The summed E-state index contributed by atoms with van der Waals surface area (Å²) in [5.41, 5.74) is 1.52. The summed E-state index contributed by atoms with van der Waals surface area (Å²) < 4.78 is 29.5. The summed E-state index contributed by atoms with van der Waals surface area (Å²) in [5.74, 6) is -0.348. The molecule has 2 aromatic heterocycles. The number of aromatic nitrogens is 1. The molecule has 1 fully saturated rings. The van der Waals surface area contributed by atoms with Gasteiger partial charge in [-0.25, -0.2) is 8.42 Å². The molecule has 7 nitrogen and oxygen atoms in total. The number of rotatable bonds is 5. The number of carbonyl (C=O) groups excluding carboxylic acids is 1. The number of nitrogens with zero attached hydrogens (tertiary/aromatic N) is 2. The zero-order valence-corrected chi connectivity index (χ0v) is 18.3. The Kier molecular flexibility index (Phi) is 5.60. The zero-order chi connectivity index (χ0) is 20.6. The normalized spacial score (nSPS) is 16.3. The molecule has 3 aromatic rings. The maximum absolute atomic E-state index is 12.7. The molecular formula is C19H21N3O4S3. The largest absolute Gasteiger partial charge is 0.326 e. The molecule has 0 bridgehead atoms. The molecule has 10 heteroatoms. The molecule has 0 aliphatic carbocycles. The Bertz CT molecular complexity index is 1190. The summed E-state index contributed by atoms with van der Waals surface area (Å²) in [4.78, 5) is 24.7. The minimum Gasteiger partial charge on any atom is -0.326 e. The van der Waals surface area contributed by atoms with Crippen molar-refractivity contribution in [3.05, 3.63) is 45.4 Å². The number of anilines is 1. The van der Waals surface area contributed by atoms with Crippen LogP contribution in [0.3, 0.4) is 0 Å². The predicted octanol–water partition coefficient (Wildman–Crippen LogP) is 3.18. The molecule has 1 N–H and O–H groups in total. The molecule has 4 rings (SSSR count). The number of amides is 1. The van der Waals surface area contributed by atoms with Crippen molar-refractivity contribution in [1.29, 1.82) is 0 Å². The van der Waals surface area contributed by atoms with E-state index in [0.717, 1.165) is 10.2 Å². The van der Waals surface area contributed by atoms with E-state index in [9.17, 15) is 18.0 Å². The summed E-state index contributed by atoms with van der Waals surface area (Å²) in [6.07, 6.45) is 0.969. The van der Waals surface area contributed by atoms with E-state index in [0.29, 0.717) is 42.4 Å². The number of hydrogen-bond acceptors (Lipinski definition) is 6. The van der Waals surface area contributed by atoms with E-state index in [2.05, 4.69) is 5.32 Å². The van der Waals surface area contributed by atoms with Gasteiger partial charge in [0, 0.05) is 31.2 Å². The Labute approximate surface area is 176 Å². The molecule has 1 aromatic carbocycles. The Morgan fingerprint density at radius 3 is 2.66 bits per heavy atom. The van der Waals surface area contributed by atoms with Crippen LogP contribution >= 0.6 is 22.7 Å². The zero-order valence-electron chi connectivity index (χ0n) is 15.8. The van der Waals surface area contributed by atoms with Gasteiger partial charge >= 0.3 is 4.87 Å². The average Bonchev–Trinajstić information content (AvgIpc) is 3.35. The lowest BCUT2D eigenvalue weighted by atomic mass is 9.97. The number of nitrogens with one attached hydrogen (secondary N) is 1. The molecule has 154 valence electrons. The number of piperidine rings is 1. The Balaban J connectivity index is 1.41. The smallest absolute Gasteiger partial charge is 0.308 e. The van der Waals surface area contributed by atoms with Crippen molar-refractivity contribution in [1.82, 2.24) is 8.87 Å². The molecule has 0 spiro atoms. The quantitative estimate of drug-likeness (QED) is 0.645. The van der Waals surface area contributed by atoms with E-state index >= 15 is 0 Å². The minimum absolute atomic E-state index is 0.00898. The maximum Gasteiger partial charge on any atom is 0.308 e. The van der Waals surface area contributed by atoms with E-state index in [1.165, 1.54) is 27.0 Å². The van der Waals surface area contributed by atoms with Crippen LogP contribution in [0.25, 0.3) is 10.2 Å². The van der Waals surface area contributed by atoms with Crippen LogP contribution in [0, 0.1) is 5.92 Å². The van der Waals surface area contributed by atoms with E-state index < -0.39 is 10.0 Å². The molecule has 0 radical (unpaired) electrons. The summed E-state index contributed by atoms with van der Waals surface area (Å²) in [7, 11) is -3.47. The molecule has 1 saturated heterocycles. The van der Waals surface area contributed by atoms with Gasteiger partial charge in [-0.05, 0) is 49.4 Å². The van der Waals surface area contributed by atoms with Gasteiger partial charge in [0.1, 0.15) is 4.21 Å². The van der Waals surface area contributed by atoms with E-state index in [4.69, 9.17) is 0 Å². The Hall–Kier alpha value is -2.01. The van der Waals surface area contributed by atoms with Crippen molar-refractivity contribution < 1.29 is 13.2 Å². The number of thiophene rings is 1. The number of hydrogen-bond donors (Lipinski definition) is 1. The summed E-state index contributed by atoms with van der Waals surface area (Å²) in [5, 5.41) is 4.67. The fourth-order valence-electron chi connectivity index (χ4n) is 3.58. The number of aryl methyl sites for hydroxylation is 1. The van der Waals surface area contributed by atoms with Gasteiger partial charge < -0.3 is 5.32 Å². The highest BCUT2D eigenvalue weighted by molar-refractivity contribution is 7.91. The monoisotopic (exact) mass is 451 g/mol. The van der Waals surface area contributed by atoms with Crippen molar-refractivity contribution in [2.45, 2.75) is 30.5 Å². The lowest BCUT2D eigenvalue weighted by Gasteiger charge is -2.30. The second-order valence-corrected chi connectivity index (χ2v) is 11.0. The molecule has 3 heterocycles. The molecule has 1 aliphatic heterocycles. The number of benzene rings is 1. The molecule has 0 unspecified atom stereocenters. The highest BCUT2D eigenvalue weighted by Crippen LogP contribution is 2.28. The van der Waals surface area contributed by atoms with E-state index in [-0.39, 0.29) is 16.7 Å². The molecule has 0 saturated carbocycles. The van der Waals surface area contributed by atoms with Crippen molar-refractivity contribution in [2.75, 3.05) is 18.4 Å². The standard InChI is InChI=1S/C19H21N3O4S3/c1-2-22-15-6-5-14(12-16(15)28-19(22)24)20-18(23)13-7-9-21(10-8-13)29(25,26)17-4-3-11-27-17/h3-6,11-13H,2,7-10H2,1H3,(H,20,23). The number of carbonyl (C=O) groups is 1. The van der Waals surface area contributed by atoms with Crippen LogP contribution in [-0.2, 0) is 21.4 Å². The van der Waals surface area contributed by atoms with Crippen LogP contribution in [0.2, 0.25) is 0 Å². The predicted molar refractivity (Wildman–Crippen MR) is 116 cm³/mol. The van der Waals surface area contributed by atoms with E-state index in [1.54, 1.807) is 28.1 Å². The van der Waals surface area contributed by atoms with Gasteiger partial charge in [-0.1, -0.05) is 17.4 Å². The highest BCUT2D eigenvalue weighted by Gasteiger charge is 2.32. The van der Waals surface area contributed by atoms with Gasteiger partial charge in [0.15, 0.2) is 0 Å².